The highest BCUT2D eigenvalue weighted by Crippen LogP contribution is 2.49. The smallest absolute Gasteiger partial charge is 0.340 e. The molecule has 23 heavy (non-hydrogen) atoms. The Hall–Kier alpha value is -1.82. The second-order valence-corrected chi connectivity index (χ2v) is 6.88. The summed E-state index contributed by atoms with van der Waals surface area (Å²) in [6, 6.07) is 9.20. The molecule has 2 aromatic rings. The van der Waals surface area contributed by atoms with Crippen molar-refractivity contribution in [3.63, 3.8) is 0 Å². The molecule has 1 amide bonds. The Bertz CT molecular complexity index is 696. The summed E-state index contributed by atoms with van der Waals surface area (Å²) in [5.74, 6) is -0.306. The first-order chi connectivity index (χ1) is 10.9. The van der Waals surface area contributed by atoms with E-state index in [1.165, 1.54) is 6.07 Å². The van der Waals surface area contributed by atoms with E-state index in [1.807, 2.05) is 17.5 Å². The number of hydrogen-bond acceptors (Lipinski definition) is 2. The minimum atomic E-state index is -4.35. The lowest BCUT2D eigenvalue weighted by atomic mass is 10.1. The molecule has 122 valence electrons. The van der Waals surface area contributed by atoms with Gasteiger partial charge in [-0.3, -0.25) is 4.79 Å². The lowest BCUT2D eigenvalue weighted by Gasteiger charge is -2.16. The second-order valence-electron chi connectivity index (χ2n) is 5.85. The number of carbonyl (C=O) groups is 1. The maximum atomic E-state index is 12.8. The Morgan fingerprint density at radius 2 is 2.09 bits per heavy atom. The molecule has 0 spiro atoms. The zero-order chi connectivity index (χ0) is 16.6. The highest BCUT2D eigenvalue weighted by molar-refractivity contribution is 7.09. The van der Waals surface area contributed by atoms with Gasteiger partial charge in [0.1, 0.15) is 0 Å². The minimum absolute atomic E-state index is 0.000752. The largest absolute Gasteiger partial charge is 0.416 e. The summed E-state index contributed by atoms with van der Waals surface area (Å²) in [4.78, 5) is 15.2. The quantitative estimate of drug-likeness (QED) is 0.801. The molecule has 3 rings (SSSR count). The van der Waals surface area contributed by atoms with Crippen molar-refractivity contribution < 1.29 is 18.0 Å². The Labute approximate surface area is 136 Å². The maximum absolute atomic E-state index is 12.8. The van der Waals surface area contributed by atoms with Gasteiger partial charge in [-0.1, -0.05) is 24.3 Å². The molecule has 0 radical (unpaired) electrons. The van der Waals surface area contributed by atoms with Crippen LogP contribution in [-0.2, 0) is 17.5 Å². The summed E-state index contributed by atoms with van der Waals surface area (Å²) >= 11 is 1.58. The summed E-state index contributed by atoms with van der Waals surface area (Å²) in [5.41, 5.74) is -0.0530. The van der Waals surface area contributed by atoms with Crippen molar-refractivity contribution in [2.45, 2.75) is 25.1 Å². The maximum Gasteiger partial charge on any atom is 0.416 e. The van der Waals surface area contributed by atoms with E-state index < -0.39 is 11.7 Å². The number of amides is 1. The molecule has 0 N–H and O–H groups in total. The predicted molar refractivity (Wildman–Crippen MR) is 83.1 cm³/mol. The van der Waals surface area contributed by atoms with Crippen molar-refractivity contribution in [3.8, 4) is 0 Å². The van der Waals surface area contributed by atoms with Crippen molar-refractivity contribution in [1.82, 2.24) is 4.90 Å². The monoisotopic (exact) mass is 339 g/mol. The third kappa shape index (κ3) is 3.58. The summed E-state index contributed by atoms with van der Waals surface area (Å²) in [7, 11) is 1.74. The molecular weight excluding hydrogens is 323 g/mol. The van der Waals surface area contributed by atoms with Crippen LogP contribution in [0.3, 0.4) is 0 Å². The van der Waals surface area contributed by atoms with Crippen LogP contribution in [0.2, 0.25) is 0 Å². The van der Waals surface area contributed by atoms with Gasteiger partial charge in [-0.2, -0.15) is 13.2 Å². The molecule has 1 aliphatic carbocycles. The van der Waals surface area contributed by atoms with Gasteiger partial charge in [0.05, 0.1) is 12.1 Å². The molecule has 0 saturated heterocycles. The number of nitrogens with zero attached hydrogens (tertiary/aromatic N) is 1. The van der Waals surface area contributed by atoms with Crippen molar-refractivity contribution >= 4 is 17.2 Å². The lowest BCUT2D eigenvalue weighted by molar-refractivity contribution is -0.137. The van der Waals surface area contributed by atoms with E-state index in [0.29, 0.717) is 18.5 Å². The average Bonchev–Trinajstić information content (AvgIpc) is 3.15. The fraction of sp³-hybridized carbons (Fsp3) is 0.353. The number of hydrogen-bond donors (Lipinski definition) is 0. The second kappa shape index (κ2) is 6.00. The fourth-order valence-corrected chi connectivity index (χ4v) is 3.54. The third-order valence-electron chi connectivity index (χ3n) is 4.10. The molecule has 2 atom stereocenters. The molecular formula is C17H16F3NOS. The van der Waals surface area contributed by atoms with Crippen LogP contribution in [0.4, 0.5) is 13.2 Å². The van der Waals surface area contributed by atoms with Crippen LogP contribution in [0.15, 0.2) is 41.8 Å². The summed E-state index contributed by atoms with van der Waals surface area (Å²) in [5, 5.41) is 1.95. The van der Waals surface area contributed by atoms with E-state index in [4.69, 9.17) is 0 Å². The van der Waals surface area contributed by atoms with Crippen molar-refractivity contribution in [2.24, 2.45) is 5.92 Å². The zero-order valence-electron chi connectivity index (χ0n) is 12.5. The fourth-order valence-electron chi connectivity index (χ4n) is 2.78. The Balaban J connectivity index is 1.66. The number of halogens is 3. The van der Waals surface area contributed by atoms with E-state index in [9.17, 15) is 18.0 Å². The number of rotatable bonds is 4. The summed E-state index contributed by atoms with van der Waals surface area (Å²) in [6.45, 7) is 0.544. The molecule has 0 bridgehead atoms. The van der Waals surface area contributed by atoms with Crippen LogP contribution < -0.4 is 0 Å². The zero-order valence-corrected chi connectivity index (χ0v) is 13.3. The molecule has 0 aliphatic heterocycles. The van der Waals surface area contributed by atoms with E-state index >= 15 is 0 Å². The van der Waals surface area contributed by atoms with Crippen LogP contribution in [0.25, 0.3) is 0 Å². The Morgan fingerprint density at radius 1 is 1.30 bits per heavy atom. The van der Waals surface area contributed by atoms with Gasteiger partial charge in [0.2, 0.25) is 5.91 Å². The number of benzene rings is 1. The van der Waals surface area contributed by atoms with Gasteiger partial charge < -0.3 is 4.90 Å². The van der Waals surface area contributed by atoms with Gasteiger partial charge in [0.25, 0.3) is 0 Å². The topological polar surface area (TPSA) is 20.3 Å². The molecule has 1 aromatic heterocycles. The van der Waals surface area contributed by atoms with Gasteiger partial charge in [-0.05, 0) is 35.4 Å². The Kier molecular flexibility index (Phi) is 4.19. The minimum Gasteiger partial charge on any atom is -0.340 e. The highest BCUT2D eigenvalue weighted by Gasteiger charge is 2.45. The first-order valence-corrected chi connectivity index (χ1v) is 8.19. The molecule has 1 fully saturated rings. The molecule has 1 aromatic carbocycles. The number of thiophene rings is 1. The van der Waals surface area contributed by atoms with Crippen LogP contribution in [0.5, 0.6) is 0 Å². The van der Waals surface area contributed by atoms with Crippen LogP contribution >= 0.6 is 11.3 Å². The van der Waals surface area contributed by atoms with Gasteiger partial charge in [-0.25, -0.2) is 0 Å². The average molecular weight is 339 g/mol. The van der Waals surface area contributed by atoms with Gasteiger partial charge in [0.15, 0.2) is 0 Å². The van der Waals surface area contributed by atoms with Crippen molar-refractivity contribution in [1.29, 1.82) is 0 Å². The van der Waals surface area contributed by atoms with E-state index in [1.54, 1.807) is 29.4 Å². The van der Waals surface area contributed by atoms with Crippen molar-refractivity contribution in [2.75, 3.05) is 7.05 Å². The molecule has 2 unspecified atom stereocenters. The van der Waals surface area contributed by atoms with E-state index in [2.05, 4.69) is 0 Å². The summed E-state index contributed by atoms with van der Waals surface area (Å²) < 4.78 is 38.3. The van der Waals surface area contributed by atoms with Gasteiger partial charge in [-0.15, -0.1) is 11.3 Å². The normalized spacial score (nSPS) is 20.3. The summed E-state index contributed by atoms with van der Waals surface area (Å²) in [6.07, 6.45) is -3.73. The van der Waals surface area contributed by atoms with E-state index in [0.717, 1.165) is 17.0 Å². The number of carbonyl (C=O) groups excluding carboxylic acids is 1. The SMILES string of the molecule is CN(Cc1cccs1)C(=O)C1CC1c1cccc(C(F)(F)F)c1. The van der Waals surface area contributed by atoms with Crippen LogP contribution in [-0.4, -0.2) is 17.9 Å². The molecule has 2 nitrogen and oxygen atoms in total. The van der Waals surface area contributed by atoms with Crippen molar-refractivity contribution in [3.05, 3.63) is 57.8 Å². The van der Waals surface area contributed by atoms with Crippen LogP contribution in [0.1, 0.15) is 28.3 Å². The highest BCUT2D eigenvalue weighted by atomic mass is 32.1. The van der Waals surface area contributed by atoms with Crippen LogP contribution in [0, 0.1) is 5.92 Å². The predicted octanol–water partition coefficient (Wildman–Crippen LogP) is 4.53. The van der Waals surface area contributed by atoms with E-state index in [-0.39, 0.29) is 17.7 Å². The number of alkyl halides is 3. The molecule has 1 heterocycles. The molecule has 1 saturated carbocycles. The third-order valence-corrected chi connectivity index (χ3v) is 4.96. The standard InChI is InChI=1S/C17H16F3NOS/c1-21(10-13-6-3-7-23-13)16(22)15-9-14(15)11-4-2-5-12(8-11)17(18,19)20/h2-8,14-15H,9-10H2,1H3. The first-order valence-electron chi connectivity index (χ1n) is 7.31. The molecule has 6 heteroatoms. The Morgan fingerprint density at radius 3 is 2.74 bits per heavy atom. The first kappa shape index (κ1) is 16.1. The van der Waals surface area contributed by atoms with Gasteiger partial charge >= 0.3 is 6.18 Å². The molecule has 1 aliphatic rings. The lowest BCUT2D eigenvalue weighted by Crippen LogP contribution is -2.27. The van der Waals surface area contributed by atoms with Gasteiger partial charge in [0, 0.05) is 17.8 Å².